The van der Waals surface area contributed by atoms with Gasteiger partial charge < -0.3 is 15.2 Å². The second-order valence-electron chi connectivity index (χ2n) is 6.53. The van der Waals surface area contributed by atoms with E-state index in [-0.39, 0.29) is 18.2 Å². The summed E-state index contributed by atoms with van der Waals surface area (Å²) in [4.78, 5) is 23.9. The zero-order chi connectivity index (χ0) is 18.2. The number of aryl methyl sites for hydroxylation is 1. The molecular formula is C19H25N5O2. The lowest BCUT2D eigenvalue weighted by Gasteiger charge is -2.09. The predicted octanol–water partition coefficient (Wildman–Crippen LogP) is 1.37. The molecule has 1 aliphatic rings. The van der Waals surface area contributed by atoms with Gasteiger partial charge in [-0.25, -0.2) is 0 Å². The molecule has 0 fully saturated rings. The van der Waals surface area contributed by atoms with E-state index in [1.165, 1.54) is 6.42 Å². The normalized spacial score (nSPS) is 13.5. The third-order valence-electron chi connectivity index (χ3n) is 4.51. The first-order chi connectivity index (χ1) is 12.7. The van der Waals surface area contributed by atoms with Gasteiger partial charge in [0.05, 0.1) is 13.0 Å². The molecule has 1 aliphatic heterocycles. The van der Waals surface area contributed by atoms with Gasteiger partial charge >= 0.3 is 0 Å². The quantitative estimate of drug-likeness (QED) is 0.785. The number of carbonyl (C=O) groups excluding carboxylic acids is 2. The third kappa shape index (κ3) is 5.15. The highest BCUT2D eigenvalue weighted by atomic mass is 16.2. The fraction of sp³-hybridized carbons (Fsp3) is 0.474. The molecule has 2 heterocycles. The zero-order valence-electron chi connectivity index (χ0n) is 14.9. The topological polar surface area (TPSA) is 88.9 Å². The molecule has 2 aromatic rings. The summed E-state index contributed by atoms with van der Waals surface area (Å²) >= 11 is 0. The minimum atomic E-state index is -0.101. The molecule has 0 aliphatic carbocycles. The molecule has 0 spiro atoms. The maximum atomic E-state index is 12.0. The Morgan fingerprint density at radius 2 is 1.85 bits per heavy atom. The number of rotatable bonds is 7. The first kappa shape index (κ1) is 18.1. The lowest BCUT2D eigenvalue weighted by Crippen LogP contribution is -2.31. The Labute approximate surface area is 153 Å². The molecule has 3 rings (SSSR count). The summed E-state index contributed by atoms with van der Waals surface area (Å²) in [6, 6.07) is 9.55. The second kappa shape index (κ2) is 9.12. The van der Waals surface area contributed by atoms with Crippen molar-refractivity contribution in [3.05, 3.63) is 47.5 Å². The van der Waals surface area contributed by atoms with E-state index in [0.717, 1.165) is 43.0 Å². The van der Waals surface area contributed by atoms with Crippen LogP contribution in [0.15, 0.2) is 30.3 Å². The van der Waals surface area contributed by atoms with Crippen molar-refractivity contribution in [3.8, 4) is 0 Å². The fourth-order valence-electron chi connectivity index (χ4n) is 3.10. The van der Waals surface area contributed by atoms with Crippen LogP contribution in [0.4, 0.5) is 0 Å². The van der Waals surface area contributed by atoms with Crippen molar-refractivity contribution < 1.29 is 9.59 Å². The van der Waals surface area contributed by atoms with Gasteiger partial charge in [0.25, 0.3) is 0 Å². The van der Waals surface area contributed by atoms with Crippen molar-refractivity contribution in [1.82, 2.24) is 25.4 Å². The summed E-state index contributed by atoms with van der Waals surface area (Å²) in [5.74, 6) is 1.64. The Morgan fingerprint density at radius 1 is 1.00 bits per heavy atom. The van der Waals surface area contributed by atoms with E-state index < -0.39 is 0 Å². The molecule has 0 saturated carbocycles. The van der Waals surface area contributed by atoms with Crippen molar-refractivity contribution in [3.63, 3.8) is 0 Å². The van der Waals surface area contributed by atoms with Crippen molar-refractivity contribution in [2.75, 3.05) is 6.54 Å². The zero-order valence-corrected chi connectivity index (χ0v) is 14.9. The lowest BCUT2D eigenvalue weighted by atomic mass is 10.1. The second-order valence-corrected chi connectivity index (χ2v) is 6.53. The monoisotopic (exact) mass is 355 g/mol. The molecule has 0 radical (unpaired) electrons. The van der Waals surface area contributed by atoms with Crippen LogP contribution in [0.1, 0.15) is 42.9 Å². The molecular weight excluding hydrogens is 330 g/mol. The lowest BCUT2D eigenvalue weighted by molar-refractivity contribution is -0.122. The SMILES string of the molecule is O=C(CCNC(=O)Cc1ccccc1)NCc1nnc2n1CCCCC2. The molecule has 1 aromatic carbocycles. The predicted molar refractivity (Wildman–Crippen MR) is 97.2 cm³/mol. The van der Waals surface area contributed by atoms with Gasteiger partial charge in [0.2, 0.25) is 11.8 Å². The molecule has 0 saturated heterocycles. The molecule has 2 amide bonds. The molecule has 0 atom stereocenters. The molecule has 2 N–H and O–H groups in total. The van der Waals surface area contributed by atoms with Gasteiger partial charge in [-0.15, -0.1) is 10.2 Å². The fourth-order valence-corrected chi connectivity index (χ4v) is 3.10. The molecule has 1 aromatic heterocycles. The van der Waals surface area contributed by atoms with Gasteiger partial charge in [0, 0.05) is 25.9 Å². The van der Waals surface area contributed by atoms with Gasteiger partial charge in [0.15, 0.2) is 5.82 Å². The van der Waals surface area contributed by atoms with Crippen LogP contribution in [0.25, 0.3) is 0 Å². The number of nitrogens with one attached hydrogen (secondary N) is 2. The number of nitrogens with zero attached hydrogens (tertiary/aromatic N) is 3. The number of hydrogen-bond acceptors (Lipinski definition) is 4. The molecule has 0 bridgehead atoms. The van der Waals surface area contributed by atoms with Gasteiger partial charge in [0.1, 0.15) is 5.82 Å². The molecule has 7 nitrogen and oxygen atoms in total. The summed E-state index contributed by atoms with van der Waals surface area (Å²) in [5, 5.41) is 14.1. The van der Waals surface area contributed by atoms with Crippen LogP contribution in [0.3, 0.4) is 0 Å². The van der Waals surface area contributed by atoms with Crippen LogP contribution in [-0.4, -0.2) is 33.1 Å². The summed E-state index contributed by atoms with van der Waals surface area (Å²) in [6.07, 6.45) is 5.01. The Kier molecular flexibility index (Phi) is 6.35. The Balaban J connectivity index is 1.37. The standard InChI is InChI=1S/C19H25N5O2/c25-18(10-11-20-19(26)13-15-7-3-1-4-8-15)21-14-17-23-22-16-9-5-2-6-12-24(16)17/h1,3-4,7-8H,2,5-6,9-14H2,(H,20,26)(H,21,25). The number of fused-ring (bicyclic) bond motifs is 1. The highest BCUT2D eigenvalue weighted by Gasteiger charge is 2.15. The van der Waals surface area contributed by atoms with E-state index >= 15 is 0 Å². The number of benzene rings is 1. The highest BCUT2D eigenvalue weighted by Crippen LogP contribution is 2.14. The number of amides is 2. The van der Waals surface area contributed by atoms with E-state index in [1.807, 2.05) is 30.3 Å². The van der Waals surface area contributed by atoms with E-state index in [2.05, 4.69) is 25.4 Å². The summed E-state index contributed by atoms with van der Waals surface area (Å²) in [6.45, 7) is 1.63. The first-order valence-corrected chi connectivity index (χ1v) is 9.20. The average molecular weight is 355 g/mol. The molecule has 26 heavy (non-hydrogen) atoms. The van der Waals surface area contributed by atoms with Crippen molar-refractivity contribution in [2.45, 2.75) is 51.6 Å². The third-order valence-corrected chi connectivity index (χ3v) is 4.51. The van der Waals surface area contributed by atoms with Crippen LogP contribution in [0, 0.1) is 0 Å². The highest BCUT2D eigenvalue weighted by molar-refractivity contribution is 5.80. The van der Waals surface area contributed by atoms with Gasteiger partial charge in [-0.2, -0.15) is 0 Å². The van der Waals surface area contributed by atoms with Crippen LogP contribution in [0.2, 0.25) is 0 Å². The summed E-state index contributed by atoms with van der Waals surface area (Å²) in [5.41, 5.74) is 0.960. The molecule has 7 heteroatoms. The van der Waals surface area contributed by atoms with E-state index in [4.69, 9.17) is 0 Å². The van der Waals surface area contributed by atoms with Gasteiger partial charge in [-0.3, -0.25) is 9.59 Å². The van der Waals surface area contributed by atoms with Crippen LogP contribution in [0.5, 0.6) is 0 Å². The maximum absolute atomic E-state index is 12.0. The van der Waals surface area contributed by atoms with Crippen LogP contribution >= 0.6 is 0 Å². The Morgan fingerprint density at radius 3 is 2.69 bits per heavy atom. The number of carbonyl (C=O) groups is 2. The Hall–Kier alpha value is -2.70. The van der Waals surface area contributed by atoms with E-state index in [0.29, 0.717) is 19.5 Å². The van der Waals surface area contributed by atoms with Gasteiger partial charge in [-0.05, 0) is 18.4 Å². The minimum Gasteiger partial charge on any atom is -0.355 e. The Bertz CT molecular complexity index is 742. The van der Waals surface area contributed by atoms with Gasteiger partial charge in [-0.1, -0.05) is 36.8 Å². The average Bonchev–Trinajstić information content (AvgIpc) is 2.87. The summed E-state index contributed by atoms with van der Waals surface area (Å²) in [7, 11) is 0. The number of aromatic nitrogens is 3. The van der Waals surface area contributed by atoms with Crippen LogP contribution in [-0.2, 0) is 35.5 Å². The smallest absolute Gasteiger partial charge is 0.224 e. The first-order valence-electron chi connectivity index (χ1n) is 9.20. The van der Waals surface area contributed by atoms with E-state index in [1.54, 1.807) is 0 Å². The van der Waals surface area contributed by atoms with Crippen molar-refractivity contribution in [1.29, 1.82) is 0 Å². The minimum absolute atomic E-state index is 0.0771. The van der Waals surface area contributed by atoms with E-state index in [9.17, 15) is 9.59 Å². The maximum Gasteiger partial charge on any atom is 0.224 e. The van der Waals surface area contributed by atoms with Crippen molar-refractivity contribution >= 4 is 11.8 Å². The van der Waals surface area contributed by atoms with Crippen LogP contribution < -0.4 is 10.6 Å². The molecule has 0 unspecified atom stereocenters. The number of hydrogen-bond donors (Lipinski definition) is 2. The van der Waals surface area contributed by atoms with Crippen molar-refractivity contribution in [2.24, 2.45) is 0 Å². The molecule has 138 valence electrons. The summed E-state index contributed by atoms with van der Waals surface area (Å²) < 4.78 is 2.12. The largest absolute Gasteiger partial charge is 0.355 e.